The fourth-order valence-electron chi connectivity index (χ4n) is 3.92. The zero-order chi connectivity index (χ0) is 16.2. The number of rotatable bonds is 5. The fraction of sp³-hybridized carbons (Fsp3) is 0.722. The van der Waals surface area contributed by atoms with E-state index in [4.69, 9.17) is 17.3 Å². The van der Waals surface area contributed by atoms with E-state index in [-0.39, 0.29) is 36.5 Å². The predicted molar refractivity (Wildman–Crippen MR) is 112 cm³/mol. The van der Waals surface area contributed by atoms with Gasteiger partial charge in [-0.2, -0.15) is 0 Å². The van der Waals surface area contributed by atoms with Crippen molar-refractivity contribution >= 4 is 53.5 Å². The van der Waals surface area contributed by atoms with Gasteiger partial charge in [0.15, 0.2) is 5.78 Å². The number of hydrogen-bond acceptors (Lipinski definition) is 4. The molecular weight excluding hydrogens is 399 g/mol. The van der Waals surface area contributed by atoms with Gasteiger partial charge in [0.25, 0.3) is 0 Å². The highest BCUT2D eigenvalue weighted by atomic mass is 35.5. The Balaban J connectivity index is 0.00000156. The lowest BCUT2D eigenvalue weighted by Gasteiger charge is -2.33. The summed E-state index contributed by atoms with van der Waals surface area (Å²) >= 11 is 7.57. The van der Waals surface area contributed by atoms with Crippen LogP contribution >= 0.6 is 47.8 Å². The average Bonchev–Trinajstić information content (AvgIpc) is 3.00. The van der Waals surface area contributed by atoms with E-state index in [1.165, 1.54) is 50.0 Å². The third-order valence-corrected chi connectivity index (χ3v) is 6.90. The van der Waals surface area contributed by atoms with Crippen molar-refractivity contribution in [2.75, 3.05) is 19.6 Å². The van der Waals surface area contributed by atoms with Gasteiger partial charge in [-0.3, -0.25) is 4.79 Å². The SMILES string of the molecule is Cl.Cl.NC1CCC(CCN2CCC(C(=O)c3sccc3Cl)CC2)CC1. The van der Waals surface area contributed by atoms with E-state index in [0.717, 1.165) is 36.7 Å². The molecule has 25 heavy (non-hydrogen) atoms. The summed E-state index contributed by atoms with van der Waals surface area (Å²) in [7, 11) is 0. The van der Waals surface area contributed by atoms with E-state index in [1.54, 1.807) is 0 Å². The Morgan fingerprint density at radius 2 is 1.80 bits per heavy atom. The smallest absolute Gasteiger partial charge is 0.177 e. The first-order chi connectivity index (χ1) is 11.1. The third-order valence-electron chi connectivity index (χ3n) is 5.54. The number of nitrogens with two attached hydrogens (primary N) is 1. The van der Waals surface area contributed by atoms with Crippen LogP contribution in [0.3, 0.4) is 0 Å². The van der Waals surface area contributed by atoms with Gasteiger partial charge in [-0.1, -0.05) is 11.6 Å². The Kier molecular flexibility index (Phi) is 10.3. The third kappa shape index (κ3) is 6.37. The van der Waals surface area contributed by atoms with E-state index < -0.39 is 0 Å². The van der Waals surface area contributed by atoms with Crippen LogP contribution in [0, 0.1) is 11.8 Å². The van der Waals surface area contributed by atoms with Gasteiger partial charge in [0.2, 0.25) is 0 Å². The number of halogens is 3. The molecule has 1 aromatic rings. The van der Waals surface area contributed by atoms with Crippen molar-refractivity contribution < 1.29 is 4.79 Å². The number of carbonyl (C=O) groups is 1. The lowest BCUT2D eigenvalue weighted by molar-refractivity contribution is 0.0837. The number of thiophene rings is 1. The Morgan fingerprint density at radius 3 is 2.36 bits per heavy atom. The standard InChI is InChI=1S/C18H27ClN2OS.2ClH/c19-16-8-12-23-18(16)17(22)14-6-10-21(11-7-14)9-5-13-1-3-15(20)4-2-13;;/h8,12-15H,1-7,9-11,20H2;2*1H. The summed E-state index contributed by atoms with van der Waals surface area (Å²) in [5.74, 6) is 1.28. The van der Waals surface area contributed by atoms with Crippen molar-refractivity contribution in [2.45, 2.75) is 51.0 Å². The molecular formula is C18H29Cl3N2OS. The van der Waals surface area contributed by atoms with Crippen LogP contribution < -0.4 is 5.73 Å². The average molecular weight is 428 g/mol. The largest absolute Gasteiger partial charge is 0.328 e. The van der Waals surface area contributed by atoms with E-state index >= 15 is 0 Å². The highest BCUT2D eigenvalue weighted by molar-refractivity contribution is 7.12. The summed E-state index contributed by atoms with van der Waals surface area (Å²) < 4.78 is 0. The van der Waals surface area contributed by atoms with E-state index in [0.29, 0.717) is 11.1 Å². The Hall–Kier alpha value is 0.160. The van der Waals surface area contributed by atoms with Crippen LogP contribution in [0.4, 0.5) is 0 Å². The molecule has 0 aromatic carbocycles. The normalized spacial score (nSPS) is 25.0. The molecule has 1 aliphatic heterocycles. The Morgan fingerprint density at radius 1 is 1.16 bits per heavy atom. The molecule has 7 heteroatoms. The maximum atomic E-state index is 12.5. The number of carbonyl (C=O) groups excluding carboxylic acids is 1. The minimum Gasteiger partial charge on any atom is -0.328 e. The van der Waals surface area contributed by atoms with Gasteiger partial charge in [-0.15, -0.1) is 36.2 Å². The second kappa shape index (κ2) is 11.1. The van der Waals surface area contributed by atoms with Crippen LogP contribution in [-0.2, 0) is 0 Å². The van der Waals surface area contributed by atoms with Crippen molar-refractivity contribution in [3.8, 4) is 0 Å². The van der Waals surface area contributed by atoms with Gasteiger partial charge < -0.3 is 10.6 Å². The van der Waals surface area contributed by atoms with Crippen molar-refractivity contribution in [1.82, 2.24) is 4.90 Å². The van der Waals surface area contributed by atoms with Crippen molar-refractivity contribution in [1.29, 1.82) is 0 Å². The molecule has 0 radical (unpaired) electrons. The maximum Gasteiger partial charge on any atom is 0.177 e. The summed E-state index contributed by atoms with van der Waals surface area (Å²) in [5, 5.41) is 2.53. The van der Waals surface area contributed by atoms with E-state index in [1.807, 2.05) is 11.4 Å². The van der Waals surface area contributed by atoms with Gasteiger partial charge in [0, 0.05) is 12.0 Å². The van der Waals surface area contributed by atoms with E-state index in [9.17, 15) is 4.79 Å². The molecule has 3 nitrogen and oxygen atoms in total. The van der Waals surface area contributed by atoms with Crippen molar-refractivity contribution in [3.63, 3.8) is 0 Å². The van der Waals surface area contributed by atoms with Gasteiger partial charge in [-0.05, 0) is 81.9 Å². The number of hydrogen-bond donors (Lipinski definition) is 1. The zero-order valence-corrected chi connectivity index (χ0v) is 17.7. The van der Waals surface area contributed by atoms with E-state index in [2.05, 4.69) is 4.90 Å². The summed E-state index contributed by atoms with van der Waals surface area (Å²) in [6, 6.07) is 2.27. The summed E-state index contributed by atoms with van der Waals surface area (Å²) in [6.07, 6.45) is 8.24. The van der Waals surface area contributed by atoms with Crippen molar-refractivity contribution in [3.05, 3.63) is 21.3 Å². The van der Waals surface area contributed by atoms with Gasteiger partial charge >= 0.3 is 0 Å². The van der Waals surface area contributed by atoms with Crippen LogP contribution in [-0.4, -0.2) is 36.4 Å². The van der Waals surface area contributed by atoms with Gasteiger partial charge in [0.05, 0.1) is 9.90 Å². The molecule has 1 saturated heterocycles. The molecule has 1 aromatic heterocycles. The molecule has 1 aliphatic carbocycles. The Labute approximate surface area is 172 Å². The first-order valence-electron chi connectivity index (χ1n) is 8.88. The number of nitrogens with zero attached hydrogens (tertiary/aromatic N) is 1. The maximum absolute atomic E-state index is 12.5. The molecule has 0 unspecified atom stereocenters. The minimum atomic E-state index is 0. The molecule has 144 valence electrons. The van der Waals surface area contributed by atoms with Gasteiger partial charge in [-0.25, -0.2) is 0 Å². The van der Waals surface area contributed by atoms with Crippen LogP contribution in [0.15, 0.2) is 11.4 Å². The summed E-state index contributed by atoms with van der Waals surface area (Å²) in [6.45, 7) is 3.28. The summed E-state index contributed by atoms with van der Waals surface area (Å²) in [5.41, 5.74) is 5.98. The molecule has 2 fully saturated rings. The zero-order valence-electron chi connectivity index (χ0n) is 14.5. The molecule has 0 spiro atoms. The number of ketones is 1. The molecule has 2 N–H and O–H groups in total. The molecule has 2 heterocycles. The molecule has 2 aliphatic rings. The first-order valence-corrected chi connectivity index (χ1v) is 10.1. The molecule has 3 rings (SSSR count). The quantitative estimate of drug-likeness (QED) is 0.669. The highest BCUT2D eigenvalue weighted by Crippen LogP contribution is 2.30. The second-order valence-electron chi connectivity index (χ2n) is 7.15. The lowest BCUT2D eigenvalue weighted by atomic mass is 9.84. The van der Waals surface area contributed by atoms with Crippen LogP contribution in [0.1, 0.15) is 54.6 Å². The number of piperidine rings is 1. The molecule has 0 atom stereocenters. The molecule has 0 amide bonds. The summed E-state index contributed by atoms with van der Waals surface area (Å²) in [4.78, 5) is 15.8. The minimum absolute atomic E-state index is 0. The van der Waals surface area contributed by atoms with Crippen LogP contribution in [0.25, 0.3) is 0 Å². The number of likely N-dealkylation sites (tertiary alicyclic amines) is 1. The Bertz CT molecular complexity index is 524. The van der Waals surface area contributed by atoms with Gasteiger partial charge in [0.1, 0.15) is 0 Å². The molecule has 1 saturated carbocycles. The first kappa shape index (κ1) is 23.2. The second-order valence-corrected chi connectivity index (χ2v) is 8.47. The molecule has 0 bridgehead atoms. The number of Topliss-reactive ketones (excluding diaryl/α,β-unsaturated/α-hetero) is 1. The fourth-order valence-corrected chi connectivity index (χ4v) is 5.08. The predicted octanol–water partition coefficient (Wildman–Crippen LogP) is 5.05. The van der Waals surface area contributed by atoms with Crippen LogP contribution in [0.2, 0.25) is 5.02 Å². The van der Waals surface area contributed by atoms with Crippen molar-refractivity contribution in [2.24, 2.45) is 17.6 Å². The van der Waals surface area contributed by atoms with Crippen LogP contribution in [0.5, 0.6) is 0 Å². The highest BCUT2D eigenvalue weighted by Gasteiger charge is 2.28. The lowest BCUT2D eigenvalue weighted by Crippen LogP contribution is -2.37. The topological polar surface area (TPSA) is 46.3 Å². The monoisotopic (exact) mass is 426 g/mol.